The van der Waals surface area contributed by atoms with Crippen LogP contribution in [0.25, 0.3) is 67.0 Å². The number of nitrogens with two attached hydrogens (primary N) is 6. The SMILES string of the molecule is Nc1nc2c(ncn2[C@@H]2O[C@@H]3COP(=O)(S)O[C@H]4[C@H](F)[C@H](n5cnc6c(N)ccnc65)O[C@@H]4COP(O)(=S)O[C@@H]2[C@@H]3F)c(=O)[nH]1.Nc1nc2c(ncn2[C@@H]2O[C@@H]3COP(O)(=S)O[C@H]4[C@H](F)[C@H](n5cnc6c(N)ccnc65)O[C@@H]4COP(O)(=S)O[C@@H]2[C@@H]3F)c(=O)[nH]1.Nc1nc2c(ncn2[C@@H]2S[C@@H]3COP(=O)(O)O[C@H]4[C@H](F)[C@H](n5cnc6c(N)ccnc65)O[C@@H]4COP(O)(=S)O[C@@H]2[C@@H]3F)c(=O)[nH]1. The Labute approximate surface area is 776 Å². The van der Waals surface area contributed by atoms with Gasteiger partial charge in [-0.05, 0) is 65.4 Å². The smallest absolute Gasteiger partial charge is 0.397 e. The summed E-state index contributed by atoms with van der Waals surface area (Å²) in [6.45, 7) is -25.9. The predicted octanol–water partition coefficient (Wildman–Crippen LogP) is 2.77. The zero-order valence-electron chi connectivity index (χ0n) is 67.2. The number of thioether (sulfide) groups is 1. The summed E-state index contributed by atoms with van der Waals surface area (Å²) in [5.74, 6) is -0.748. The fourth-order valence-corrected chi connectivity index (χ4v) is 25.7. The van der Waals surface area contributed by atoms with Crippen molar-refractivity contribution >= 4 is 215 Å². The van der Waals surface area contributed by atoms with Crippen LogP contribution in [0.15, 0.2) is 89.1 Å². The van der Waals surface area contributed by atoms with Crippen molar-refractivity contribution in [3.8, 4) is 0 Å². The number of nitrogens with one attached hydrogen (secondary N) is 3. The molecule has 9 fully saturated rings. The van der Waals surface area contributed by atoms with Crippen LogP contribution in [-0.2, 0) is 134 Å². The minimum absolute atomic E-state index is 0.0222. The van der Waals surface area contributed by atoms with Crippen LogP contribution < -0.4 is 51.1 Å². The van der Waals surface area contributed by atoms with Gasteiger partial charge in [0.05, 0.1) is 99.9 Å². The van der Waals surface area contributed by atoms with Gasteiger partial charge in [-0.2, -0.15) is 15.0 Å². The van der Waals surface area contributed by atoms with E-state index in [0.717, 1.165) is 33.6 Å². The summed E-state index contributed by atoms with van der Waals surface area (Å²) in [4.78, 5) is 147. The fraction of sp³-hybridized carbons (Fsp3) is 0.476. The van der Waals surface area contributed by atoms with Crippen molar-refractivity contribution in [3.63, 3.8) is 0 Å². The van der Waals surface area contributed by atoms with Crippen LogP contribution in [0.5, 0.6) is 0 Å². The number of aromatic nitrogens is 21. The molecule has 54 nitrogen and oxygen atoms in total. The third kappa shape index (κ3) is 18.7. The highest BCUT2D eigenvalue weighted by atomic mass is 32.7. The van der Waals surface area contributed by atoms with E-state index in [9.17, 15) is 48.0 Å². The Kier molecular flexibility index (Phi) is 26.1. The number of aromatic amines is 3. The van der Waals surface area contributed by atoms with E-state index in [-0.39, 0.29) is 90.7 Å². The topological polar surface area (TPSA) is 731 Å². The Morgan fingerprint density at radius 1 is 0.363 bits per heavy atom. The van der Waals surface area contributed by atoms with Gasteiger partial charge in [-0.3, -0.25) is 92.9 Å². The number of alkyl halides is 6. The summed E-state index contributed by atoms with van der Waals surface area (Å²) in [5.41, 5.74) is 34.5. The fourth-order valence-electron chi connectivity index (χ4n) is 15.9. The van der Waals surface area contributed by atoms with Crippen LogP contribution in [-0.4, -0.2) is 276 Å². The lowest BCUT2D eigenvalue weighted by atomic mass is 10.1. The summed E-state index contributed by atoms with van der Waals surface area (Å²) in [6.07, 6.45) is -25.3. The second-order valence-corrected chi connectivity index (χ2v) is 47.4. The molecule has 6 unspecified atom stereocenters. The van der Waals surface area contributed by atoms with E-state index in [1.165, 1.54) is 80.4 Å². The van der Waals surface area contributed by atoms with E-state index in [1.807, 2.05) is 0 Å². The van der Waals surface area contributed by atoms with Gasteiger partial charge in [0.1, 0.15) is 95.2 Å². The zero-order chi connectivity index (χ0) is 95.5. The highest BCUT2D eigenvalue weighted by Crippen LogP contribution is 2.62. The summed E-state index contributed by atoms with van der Waals surface area (Å²) in [6, 6.07) is 4.54. The molecule has 9 aliphatic heterocycles. The van der Waals surface area contributed by atoms with Gasteiger partial charge in [0.2, 0.25) is 17.8 Å². The molecule has 21 rings (SSSR count). The van der Waals surface area contributed by atoms with Gasteiger partial charge in [0.25, 0.3) is 16.7 Å². The van der Waals surface area contributed by atoms with Crippen LogP contribution in [0.3, 0.4) is 0 Å². The first kappa shape index (κ1) is 96.1. The molecule has 12 aromatic rings. The van der Waals surface area contributed by atoms with E-state index in [2.05, 4.69) is 87.0 Å². The van der Waals surface area contributed by atoms with E-state index in [1.54, 1.807) is 0 Å². The molecule has 726 valence electrons. The average Bonchev–Trinajstić information content (AvgIpc) is 1.63. The van der Waals surface area contributed by atoms with Gasteiger partial charge in [-0.1, -0.05) is 12.2 Å². The zero-order valence-corrected chi connectivity index (χ0v) is 77.5. The van der Waals surface area contributed by atoms with Gasteiger partial charge in [-0.25, -0.2) is 80.3 Å². The molecule has 72 heteroatoms. The maximum Gasteiger partial charge on any atom is 0.472 e. The van der Waals surface area contributed by atoms with E-state index < -0.39 is 244 Å². The van der Waals surface area contributed by atoms with Crippen molar-refractivity contribution in [1.29, 1.82) is 0 Å². The number of nitrogen functional groups attached to an aromatic ring is 6. The molecule has 12 aromatic heterocycles. The number of phosphoric ester groups is 1. The molecule has 135 heavy (non-hydrogen) atoms. The first-order valence-electron chi connectivity index (χ1n) is 39.0. The van der Waals surface area contributed by atoms with Crippen molar-refractivity contribution in [2.24, 2.45) is 0 Å². The number of hydrogen-bond acceptors (Lipinski definition) is 45. The van der Waals surface area contributed by atoms with Crippen LogP contribution in [0.1, 0.15) is 36.5 Å². The van der Waals surface area contributed by atoms with Crippen molar-refractivity contribution in [2.45, 2.75) is 146 Å². The molecule has 0 aromatic carbocycles. The number of thiol groups is 1. The van der Waals surface area contributed by atoms with E-state index in [0.29, 0.717) is 11.2 Å². The highest BCUT2D eigenvalue weighted by molar-refractivity contribution is 8.44. The number of halogens is 6. The minimum Gasteiger partial charge on any atom is -0.397 e. The number of nitrogens with zero attached hydrogens (tertiary/aromatic N) is 18. The minimum atomic E-state index is -5.07. The molecule has 0 radical (unpaired) electrons. The van der Waals surface area contributed by atoms with Crippen molar-refractivity contribution in [1.82, 2.24) is 102 Å². The van der Waals surface area contributed by atoms with E-state index >= 15 is 26.3 Å². The lowest BCUT2D eigenvalue weighted by molar-refractivity contribution is -0.0599. The second kappa shape index (κ2) is 36.7. The summed E-state index contributed by atoms with van der Waals surface area (Å²) < 4.78 is 224. The number of fused-ring (bicyclic) bond motifs is 15. The second-order valence-electron chi connectivity index (χ2n) is 30.6. The summed E-state index contributed by atoms with van der Waals surface area (Å²) in [5, 5.41) is -2.30. The lowest BCUT2D eigenvalue weighted by Gasteiger charge is -2.27. The molecule has 30 atom stereocenters. The Morgan fingerprint density at radius 3 is 1.05 bits per heavy atom. The molecule has 9 aliphatic rings. The Balaban J connectivity index is 0.000000130. The molecule has 0 aliphatic carbocycles. The maximum absolute atomic E-state index is 16.0. The quantitative estimate of drug-likeness (QED) is 0.0646. The number of rotatable bonds is 6. The maximum atomic E-state index is 16.0. The number of pyridine rings is 3. The summed E-state index contributed by atoms with van der Waals surface area (Å²) >= 11 is 25.5. The largest absolute Gasteiger partial charge is 0.472 e. The number of anilines is 6. The molecular weight excluding hydrogens is 2060 g/mol. The monoisotopic (exact) mass is 2130 g/mol. The molecule has 21 heterocycles. The lowest BCUT2D eigenvalue weighted by Crippen LogP contribution is -2.34. The molecule has 0 saturated carbocycles. The van der Waals surface area contributed by atoms with E-state index in [4.69, 9.17) is 160 Å². The van der Waals surface area contributed by atoms with Crippen LogP contribution in [0.2, 0.25) is 0 Å². The predicted molar refractivity (Wildman–Crippen MR) is 470 cm³/mol. The van der Waals surface area contributed by atoms with Crippen LogP contribution >= 0.6 is 65.5 Å². The number of hydrogen-bond donors (Lipinski definition) is 15. The first-order valence-corrected chi connectivity index (χ1v) is 54.5. The molecular formula is C63H69F6N27O27P6S6. The van der Waals surface area contributed by atoms with Crippen molar-refractivity contribution < 1.29 is 138 Å². The van der Waals surface area contributed by atoms with Gasteiger partial charge < -0.3 is 101 Å². The number of phosphoric acid groups is 1. The standard InChI is InChI=1S/3C21H23F2N9O9P2S2/c22-10-9-4-37-42(34,35)40-14-8(39-19(11(14)23)31-5-27-12-7(24)1-2-26-16(12)31)3-38-43(36,44)41-15(10)20(45-9)32-6-28-13-17(32)29-21(25)30-18(13)33;2*22-10-8-3-36-42(34,44)40-14-9(39-19(11(14)23)31-5-27-12-7(24)1-2-26-16(12)31)4-37-43(35,45)41-15(10)20(38-8)32-6-28-13-17(32)29-21(25)30-18(13)33/h1-2,5-6,8-11,14-15,19-20H,3-4H2,(H2,24,26)(H,34,35)(H,36,44)(H3,25,29,30,33);2*1-2,5-6,8-11,14-15,19-20H,3-4H2,(H2,24,26)(H,34,44)(H,35,45)(H3,25,29,30,33)/t8-,9-,10-,11+,14-,15-,19-,20-,43?;2*8-,9-,10-,11+,14-,15-,19-,20-,42?,43?/m111/s1. The van der Waals surface area contributed by atoms with Gasteiger partial charge in [0, 0.05) is 18.6 Å². The van der Waals surface area contributed by atoms with Gasteiger partial charge in [0.15, 0.2) is 112 Å². The average molecular weight is 2130 g/mol. The first-order chi connectivity index (χ1) is 63.9. The third-order valence-electron chi connectivity index (χ3n) is 22.0. The van der Waals surface area contributed by atoms with Crippen LogP contribution in [0, 0.1) is 0 Å². The van der Waals surface area contributed by atoms with Crippen molar-refractivity contribution in [2.75, 3.05) is 74.0 Å². The number of H-pyrrole nitrogens is 3. The highest BCUT2D eigenvalue weighted by Gasteiger charge is 2.59. The Hall–Kier alpha value is -7.83. The summed E-state index contributed by atoms with van der Waals surface area (Å²) in [7, 11) is -5.07. The third-order valence-corrected chi connectivity index (χ3v) is 32.4. The normalized spacial score (nSPS) is 37.7. The number of imidazole rings is 6. The molecule has 6 bridgehead atoms. The molecule has 0 spiro atoms. The van der Waals surface area contributed by atoms with Gasteiger partial charge >= 0.3 is 41.5 Å². The molecule has 9 saturated heterocycles. The number of ether oxygens (including phenoxy) is 5. The van der Waals surface area contributed by atoms with Crippen molar-refractivity contribution in [3.05, 3.63) is 106 Å². The van der Waals surface area contributed by atoms with Crippen LogP contribution in [0.4, 0.5) is 61.2 Å². The molecule has 20 N–H and O–H groups in total. The molecule has 0 amide bonds. The Morgan fingerprint density at radius 2 is 0.667 bits per heavy atom. The Bertz CT molecular complexity index is 6500. The van der Waals surface area contributed by atoms with Gasteiger partial charge in [-0.15, -0.1) is 11.8 Å².